The van der Waals surface area contributed by atoms with Crippen LogP contribution in [-0.4, -0.2) is 23.4 Å². The van der Waals surface area contributed by atoms with E-state index in [-0.39, 0.29) is 25.5 Å². The quantitative estimate of drug-likeness (QED) is 0.0743. The molecule has 0 atom stereocenters. The predicted molar refractivity (Wildman–Crippen MR) is 151 cm³/mol. The molecule has 0 N–H and O–H groups in total. The number of halogens is 2. The molecule has 5 nitrogen and oxygen atoms in total. The molecule has 0 heterocycles. The van der Waals surface area contributed by atoms with Gasteiger partial charge >= 0.3 is 0 Å². The second kappa shape index (κ2) is 21.8. The maximum Gasteiger partial charge on any atom is 0.173 e. The van der Waals surface area contributed by atoms with Gasteiger partial charge in [0.05, 0.1) is 11.9 Å². The summed E-state index contributed by atoms with van der Waals surface area (Å²) in [5.74, 6) is -0.0333. The van der Waals surface area contributed by atoms with Gasteiger partial charge in [-0.15, -0.1) is 6.58 Å². The van der Waals surface area contributed by atoms with Gasteiger partial charge in [0.2, 0.25) is 0 Å². The Morgan fingerprint density at radius 2 is 1.18 bits per heavy atom. The third kappa shape index (κ3) is 18.6. The molecule has 0 fully saturated rings. The third-order valence-electron chi connectivity index (χ3n) is 3.32. The molecule has 0 unspecified atom stereocenters. The summed E-state index contributed by atoms with van der Waals surface area (Å²) >= 11 is 6.41. The van der Waals surface area contributed by atoms with Gasteiger partial charge in [0.1, 0.15) is 0 Å². The van der Waals surface area contributed by atoms with Gasteiger partial charge in [-0.3, -0.25) is 9.59 Å². The number of alkyl halides is 1. The molecule has 0 spiro atoms. The first-order valence-corrected chi connectivity index (χ1v) is 11.8. The molecule has 0 aliphatic heterocycles. The van der Waals surface area contributed by atoms with Crippen molar-refractivity contribution in [3.63, 3.8) is 0 Å². The van der Waals surface area contributed by atoms with Crippen LogP contribution in [0.3, 0.4) is 0 Å². The number of benzene rings is 3. The van der Waals surface area contributed by atoms with E-state index in [0.717, 1.165) is 10.0 Å². The summed E-state index contributed by atoms with van der Waals surface area (Å²) in [4.78, 5) is 24.6. The zero-order chi connectivity index (χ0) is 24.9. The molecule has 7 heteroatoms. The Morgan fingerprint density at radius 1 is 0.824 bits per heavy atom. The van der Waals surface area contributed by atoms with Crippen molar-refractivity contribution in [2.75, 3.05) is 11.9 Å². The van der Waals surface area contributed by atoms with Crippen molar-refractivity contribution in [2.24, 2.45) is 5.11 Å². The Kier molecular flexibility index (Phi) is 21.3. The Balaban J connectivity index is 0. The van der Waals surface area contributed by atoms with Gasteiger partial charge in [0.15, 0.2) is 11.6 Å². The van der Waals surface area contributed by atoms with Crippen molar-refractivity contribution in [1.82, 2.24) is 0 Å². The van der Waals surface area contributed by atoms with Crippen LogP contribution in [0.25, 0.3) is 10.4 Å². The topological polar surface area (TPSA) is 82.9 Å². The maximum absolute atomic E-state index is 11.1. The van der Waals surface area contributed by atoms with Crippen LogP contribution >= 0.6 is 31.9 Å². The van der Waals surface area contributed by atoms with E-state index in [1.807, 2.05) is 80.6 Å². The molecule has 0 bridgehead atoms. The lowest BCUT2D eigenvalue weighted by Crippen LogP contribution is -2.01. The van der Waals surface area contributed by atoms with Crippen LogP contribution in [0.4, 0.5) is 0 Å². The molecular formula is C27H31Br2N3O2. The van der Waals surface area contributed by atoms with Crippen molar-refractivity contribution in [2.45, 2.75) is 21.3 Å². The number of carbonyl (C=O) groups is 2. The van der Waals surface area contributed by atoms with E-state index >= 15 is 0 Å². The standard InChI is InChI=1S/C8H7BrO.C8H7N3O.C6H5Br.C4H8.CH4/c9-6-8(10)7-4-2-1-3-5-7;9-11-10-6-8(12)7-4-2-1-3-5-7;7-6-4-2-1-3-5-6;1-4(2)3;/h1-5H,6H2;1-5H,6H2;1-5H;1H2,2-3H3;1H4. The average molecular weight is 589 g/mol. The Hall–Kier alpha value is -2.99. The summed E-state index contributed by atoms with van der Waals surface area (Å²) in [5, 5.41) is 3.58. The van der Waals surface area contributed by atoms with Gasteiger partial charge in [-0.2, -0.15) is 0 Å². The van der Waals surface area contributed by atoms with E-state index in [4.69, 9.17) is 5.53 Å². The fourth-order valence-electron chi connectivity index (χ4n) is 1.93. The summed E-state index contributed by atoms with van der Waals surface area (Å²) in [6, 6.07) is 27.9. The average Bonchev–Trinajstić information content (AvgIpc) is 2.84. The van der Waals surface area contributed by atoms with Crippen molar-refractivity contribution in [3.8, 4) is 0 Å². The molecule has 180 valence electrons. The van der Waals surface area contributed by atoms with Crippen LogP contribution in [0.15, 0.2) is 113 Å². The number of allylic oxidation sites excluding steroid dienone is 1. The first-order valence-electron chi connectivity index (χ1n) is 9.87. The molecule has 3 aromatic rings. The molecule has 0 aliphatic carbocycles. The van der Waals surface area contributed by atoms with E-state index in [9.17, 15) is 9.59 Å². The zero-order valence-corrected chi connectivity index (χ0v) is 21.9. The van der Waals surface area contributed by atoms with E-state index in [2.05, 4.69) is 48.5 Å². The number of nitrogens with zero attached hydrogens (tertiary/aromatic N) is 3. The van der Waals surface area contributed by atoms with Crippen molar-refractivity contribution in [1.29, 1.82) is 0 Å². The van der Waals surface area contributed by atoms with Crippen molar-refractivity contribution in [3.05, 3.63) is 129 Å². The molecular weight excluding hydrogens is 558 g/mol. The fourth-order valence-corrected chi connectivity index (χ4v) is 2.56. The molecule has 0 amide bonds. The number of azide groups is 1. The molecule has 0 aliphatic rings. The van der Waals surface area contributed by atoms with Crippen LogP contribution in [0.1, 0.15) is 42.0 Å². The predicted octanol–water partition coefficient (Wildman–Crippen LogP) is 9.11. The number of ketones is 2. The monoisotopic (exact) mass is 587 g/mol. The summed E-state index contributed by atoms with van der Waals surface area (Å²) in [5.41, 5.74) is 10.5. The number of Topliss-reactive ketones (excluding diaryl/α,β-unsaturated/α-hetero) is 2. The van der Waals surface area contributed by atoms with Gasteiger partial charge in [-0.05, 0) is 31.5 Å². The van der Waals surface area contributed by atoms with E-state index in [1.165, 1.54) is 5.57 Å². The van der Waals surface area contributed by atoms with Crippen LogP contribution < -0.4 is 0 Å². The SMILES string of the molecule is Brc1ccccc1.C.C=C(C)C.O=C(CBr)c1ccccc1.[N-]=[N+]=NCC(=O)c1ccccc1. The Morgan fingerprint density at radius 3 is 1.47 bits per heavy atom. The third-order valence-corrected chi connectivity index (χ3v) is 4.36. The number of hydrogen-bond donors (Lipinski definition) is 0. The van der Waals surface area contributed by atoms with Gasteiger partial charge in [-0.1, -0.05) is 129 Å². The molecule has 0 aromatic heterocycles. The van der Waals surface area contributed by atoms with Gasteiger partial charge in [0, 0.05) is 20.5 Å². The largest absolute Gasteiger partial charge is 0.294 e. The highest BCUT2D eigenvalue weighted by molar-refractivity contribution is 9.10. The summed E-state index contributed by atoms with van der Waals surface area (Å²) in [6.45, 7) is 7.39. The first-order chi connectivity index (χ1) is 15.8. The lowest BCUT2D eigenvalue weighted by atomic mass is 10.1. The van der Waals surface area contributed by atoms with Crippen LogP contribution in [0.2, 0.25) is 0 Å². The number of hydrogen-bond acceptors (Lipinski definition) is 3. The lowest BCUT2D eigenvalue weighted by Gasteiger charge is -1.93. The maximum atomic E-state index is 11.1. The first kappa shape index (κ1) is 33.2. The minimum atomic E-state index is -0.159. The second-order valence-electron chi connectivity index (χ2n) is 6.60. The summed E-state index contributed by atoms with van der Waals surface area (Å²) < 4.78 is 1.13. The van der Waals surface area contributed by atoms with E-state index < -0.39 is 0 Å². The van der Waals surface area contributed by atoms with Gasteiger partial charge in [-0.25, -0.2) is 0 Å². The molecule has 3 aromatic carbocycles. The molecule has 0 radical (unpaired) electrons. The van der Waals surface area contributed by atoms with Crippen molar-refractivity contribution < 1.29 is 9.59 Å². The van der Waals surface area contributed by atoms with Gasteiger partial charge in [0.25, 0.3) is 0 Å². The molecule has 0 saturated carbocycles. The van der Waals surface area contributed by atoms with E-state index in [0.29, 0.717) is 10.9 Å². The molecule has 3 rings (SSSR count). The second-order valence-corrected chi connectivity index (χ2v) is 8.08. The number of rotatable bonds is 5. The van der Waals surface area contributed by atoms with Crippen LogP contribution in [0, 0.1) is 0 Å². The smallest absolute Gasteiger partial charge is 0.173 e. The fraction of sp³-hybridized carbons (Fsp3) is 0.185. The van der Waals surface area contributed by atoms with E-state index in [1.54, 1.807) is 24.3 Å². The van der Waals surface area contributed by atoms with Crippen LogP contribution in [0.5, 0.6) is 0 Å². The highest BCUT2D eigenvalue weighted by Gasteiger charge is 2.01. The minimum Gasteiger partial charge on any atom is -0.294 e. The zero-order valence-electron chi connectivity index (χ0n) is 18.7. The summed E-state index contributed by atoms with van der Waals surface area (Å²) in [7, 11) is 0. The molecule has 0 saturated heterocycles. The van der Waals surface area contributed by atoms with Gasteiger partial charge < -0.3 is 0 Å². The highest BCUT2D eigenvalue weighted by atomic mass is 79.9. The number of carbonyl (C=O) groups excluding carboxylic acids is 2. The van der Waals surface area contributed by atoms with Crippen LogP contribution in [-0.2, 0) is 0 Å². The Bertz CT molecular complexity index is 1000. The van der Waals surface area contributed by atoms with Crippen molar-refractivity contribution >= 4 is 43.4 Å². The Labute approximate surface area is 219 Å². The lowest BCUT2D eigenvalue weighted by molar-refractivity contribution is 0.0998. The highest BCUT2D eigenvalue weighted by Crippen LogP contribution is 2.05. The minimum absolute atomic E-state index is 0. The normalized spacial score (nSPS) is 8.35. The molecule has 34 heavy (non-hydrogen) atoms. The summed E-state index contributed by atoms with van der Waals surface area (Å²) in [6.07, 6.45) is 0.